The minimum atomic E-state index is -1.37. The molecule has 0 bridgehead atoms. The molecule has 9 heteroatoms. The Bertz CT molecular complexity index is 1360. The number of hydrogen-bond acceptors (Lipinski definition) is 6. The van der Waals surface area contributed by atoms with Gasteiger partial charge >= 0.3 is 6.03 Å². The molecule has 4 rings (SSSR count). The molecule has 1 aliphatic heterocycles. The number of benzodiazepines with no additional fused rings is 1. The van der Waals surface area contributed by atoms with Crippen LogP contribution in [0, 0.1) is 5.41 Å². The van der Waals surface area contributed by atoms with Gasteiger partial charge in [0.05, 0.1) is 29.3 Å². The van der Waals surface area contributed by atoms with E-state index in [0.29, 0.717) is 28.3 Å². The average Bonchev–Trinajstić information content (AvgIpc) is 2.99. The van der Waals surface area contributed by atoms with Crippen LogP contribution in [0.3, 0.4) is 0 Å². The minimum absolute atomic E-state index is 0.140. The van der Waals surface area contributed by atoms with Crippen molar-refractivity contribution in [3.8, 4) is 0 Å². The molecule has 2 aromatic carbocycles. The maximum atomic E-state index is 14.2. The topological polar surface area (TPSA) is 121 Å². The van der Waals surface area contributed by atoms with E-state index in [-0.39, 0.29) is 12.3 Å². The maximum Gasteiger partial charge on any atom is 0.321 e. The number of ketones is 1. The number of amides is 3. The summed E-state index contributed by atoms with van der Waals surface area (Å²) in [7, 11) is 1.75. The molecule has 0 fully saturated rings. The number of urea groups is 1. The van der Waals surface area contributed by atoms with Gasteiger partial charge in [0.2, 0.25) is 6.17 Å². The lowest BCUT2D eigenvalue weighted by Crippen LogP contribution is -2.53. The highest BCUT2D eigenvalue weighted by Gasteiger charge is 2.40. The number of pyridine rings is 1. The standard InChI is InChI=1S/C28H30N6O3/c1-28(2,3)23(35)17-33-22-14-6-5-12-20(22)24(21-13-7-8-15-31-21)32-25(26(33)36)34(27(29)37)19-11-9-10-18(16-19)30-4/h5-16,25,30H,17H2,1-4H3,(H2,29,37). The maximum absolute atomic E-state index is 14.2. The van der Waals surface area contributed by atoms with Crippen LogP contribution in [-0.4, -0.2) is 48.2 Å². The molecule has 2 heterocycles. The van der Waals surface area contributed by atoms with E-state index in [1.54, 1.807) is 76.5 Å². The predicted molar refractivity (Wildman–Crippen MR) is 145 cm³/mol. The molecule has 190 valence electrons. The molecule has 1 unspecified atom stereocenters. The molecular formula is C28H30N6O3. The Morgan fingerprint density at radius 3 is 2.43 bits per heavy atom. The zero-order chi connectivity index (χ0) is 26.7. The van der Waals surface area contributed by atoms with Gasteiger partial charge in [-0.05, 0) is 36.4 Å². The number of fused-ring (bicyclic) bond motifs is 1. The minimum Gasteiger partial charge on any atom is -0.388 e. The second kappa shape index (κ2) is 10.2. The zero-order valence-corrected chi connectivity index (χ0v) is 21.3. The fourth-order valence-electron chi connectivity index (χ4n) is 4.03. The van der Waals surface area contributed by atoms with Gasteiger partial charge in [0.1, 0.15) is 0 Å². The zero-order valence-electron chi connectivity index (χ0n) is 21.3. The van der Waals surface area contributed by atoms with E-state index in [9.17, 15) is 14.4 Å². The van der Waals surface area contributed by atoms with Crippen molar-refractivity contribution in [1.29, 1.82) is 0 Å². The fraction of sp³-hybridized carbons (Fsp3) is 0.250. The van der Waals surface area contributed by atoms with E-state index < -0.39 is 23.5 Å². The second-order valence-electron chi connectivity index (χ2n) is 9.69. The molecule has 3 N–H and O–H groups in total. The molecule has 1 aliphatic rings. The highest BCUT2D eigenvalue weighted by molar-refractivity contribution is 6.21. The molecule has 37 heavy (non-hydrogen) atoms. The van der Waals surface area contributed by atoms with Crippen LogP contribution in [-0.2, 0) is 9.59 Å². The van der Waals surface area contributed by atoms with Crippen LogP contribution >= 0.6 is 0 Å². The van der Waals surface area contributed by atoms with Crippen LogP contribution in [0.2, 0.25) is 0 Å². The van der Waals surface area contributed by atoms with Crippen LogP contribution in [0.25, 0.3) is 0 Å². The molecule has 3 amide bonds. The predicted octanol–water partition coefficient (Wildman–Crippen LogP) is 3.83. The monoisotopic (exact) mass is 498 g/mol. The molecule has 1 aromatic heterocycles. The molecule has 3 aromatic rings. The van der Waals surface area contributed by atoms with Crippen LogP contribution < -0.4 is 20.9 Å². The lowest BCUT2D eigenvalue weighted by atomic mass is 9.90. The third-order valence-electron chi connectivity index (χ3n) is 6.13. The van der Waals surface area contributed by atoms with Gasteiger partial charge in [-0.3, -0.25) is 19.5 Å². The number of Topliss-reactive ketones (excluding diaryl/α,β-unsaturated/α-hetero) is 1. The SMILES string of the molecule is CNc1cccc(N(C(N)=O)C2N=C(c3ccccn3)c3ccccc3N(CC(=O)C(C)(C)C)C2=O)c1. The largest absolute Gasteiger partial charge is 0.388 e. The first-order valence-corrected chi connectivity index (χ1v) is 11.9. The van der Waals surface area contributed by atoms with Gasteiger partial charge in [-0.2, -0.15) is 0 Å². The van der Waals surface area contributed by atoms with E-state index in [1.165, 1.54) is 4.90 Å². The van der Waals surface area contributed by atoms with Crippen molar-refractivity contribution < 1.29 is 14.4 Å². The van der Waals surface area contributed by atoms with Gasteiger partial charge in [0.15, 0.2) is 5.78 Å². The van der Waals surface area contributed by atoms with Crippen molar-refractivity contribution in [3.05, 3.63) is 84.2 Å². The highest BCUT2D eigenvalue weighted by atomic mass is 16.2. The van der Waals surface area contributed by atoms with Gasteiger partial charge < -0.3 is 16.0 Å². The van der Waals surface area contributed by atoms with Crippen LogP contribution in [0.1, 0.15) is 32.0 Å². The molecule has 0 aliphatic carbocycles. The summed E-state index contributed by atoms with van der Waals surface area (Å²) in [5, 5.41) is 3.02. The van der Waals surface area contributed by atoms with E-state index in [2.05, 4.69) is 10.3 Å². The van der Waals surface area contributed by atoms with Crippen molar-refractivity contribution in [2.24, 2.45) is 16.1 Å². The average molecular weight is 499 g/mol. The third-order valence-corrected chi connectivity index (χ3v) is 6.13. The van der Waals surface area contributed by atoms with E-state index in [1.807, 2.05) is 24.3 Å². The number of aromatic nitrogens is 1. The number of carbonyl (C=O) groups excluding carboxylic acids is 3. The Kier molecular flexibility index (Phi) is 7.06. The van der Waals surface area contributed by atoms with Gasteiger partial charge in [-0.1, -0.05) is 51.1 Å². The number of aliphatic imine (C=N–C) groups is 1. The molecular weight excluding hydrogens is 468 g/mol. The second-order valence-corrected chi connectivity index (χ2v) is 9.69. The van der Waals surface area contributed by atoms with Gasteiger partial charge in [0.25, 0.3) is 5.91 Å². The quantitative estimate of drug-likeness (QED) is 0.535. The van der Waals surface area contributed by atoms with Gasteiger partial charge in [-0.25, -0.2) is 9.79 Å². The normalized spacial score (nSPS) is 15.4. The van der Waals surface area contributed by atoms with E-state index in [0.717, 1.165) is 10.6 Å². The van der Waals surface area contributed by atoms with Crippen molar-refractivity contribution in [2.75, 3.05) is 28.7 Å². The number of nitrogens with one attached hydrogen (secondary N) is 1. The highest BCUT2D eigenvalue weighted by Crippen LogP contribution is 2.32. The first-order chi connectivity index (χ1) is 17.6. The smallest absolute Gasteiger partial charge is 0.321 e. The number of nitrogens with zero attached hydrogens (tertiary/aromatic N) is 4. The van der Waals surface area contributed by atoms with E-state index in [4.69, 9.17) is 10.7 Å². The van der Waals surface area contributed by atoms with Crippen LogP contribution in [0.5, 0.6) is 0 Å². The Morgan fingerprint density at radius 1 is 1.05 bits per heavy atom. The van der Waals surface area contributed by atoms with Gasteiger partial charge in [0, 0.05) is 29.9 Å². The molecule has 0 saturated carbocycles. The van der Waals surface area contributed by atoms with Crippen molar-refractivity contribution >= 4 is 40.5 Å². The van der Waals surface area contributed by atoms with Crippen LogP contribution in [0.15, 0.2) is 77.9 Å². The number of nitrogens with two attached hydrogens (primary N) is 1. The third kappa shape index (κ3) is 5.20. The summed E-state index contributed by atoms with van der Waals surface area (Å²) in [4.78, 5) is 52.0. The van der Waals surface area contributed by atoms with Gasteiger partial charge in [-0.15, -0.1) is 0 Å². The number of para-hydroxylation sites is 1. The number of carbonyl (C=O) groups is 3. The first kappa shape index (κ1) is 25.6. The number of benzene rings is 2. The lowest BCUT2D eigenvalue weighted by molar-refractivity contribution is -0.127. The molecule has 9 nitrogen and oxygen atoms in total. The summed E-state index contributed by atoms with van der Waals surface area (Å²) >= 11 is 0. The number of rotatable bonds is 6. The Balaban J connectivity index is 1.96. The summed E-state index contributed by atoms with van der Waals surface area (Å²) < 4.78 is 0. The van der Waals surface area contributed by atoms with Crippen molar-refractivity contribution in [2.45, 2.75) is 26.9 Å². The Hall–Kier alpha value is -4.53. The summed E-state index contributed by atoms with van der Waals surface area (Å²) in [6, 6.07) is 18.7. The Morgan fingerprint density at radius 2 is 1.78 bits per heavy atom. The lowest BCUT2D eigenvalue weighted by Gasteiger charge is -2.31. The molecule has 0 radical (unpaired) electrons. The summed E-state index contributed by atoms with van der Waals surface area (Å²) in [6.45, 7) is 5.21. The van der Waals surface area contributed by atoms with Crippen molar-refractivity contribution in [1.82, 2.24) is 4.98 Å². The Labute approximate surface area is 216 Å². The molecule has 0 saturated heterocycles. The fourth-order valence-corrected chi connectivity index (χ4v) is 4.03. The first-order valence-electron chi connectivity index (χ1n) is 11.9. The summed E-state index contributed by atoms with van der Waals surface area (Å²) in [6.07, 6.45) is 0.257. The number of anilines is 3. The van der Waals surface area contributed by atoms with E-state index >= 15 is 0 Å². The van der Waals surface area contributed by atoms with Crippen LogP contribution in [0.4, 0.5) is 21.9 Å². The van der Waals surface area contributed by atoms with Crippen molar-refractivity contribution in [3.63, 3.8) is 0 Å². The summed E-state index contributed by atoms with van der Waals surface area (Å²) in [5.41, 5.74) is 8.33. The molecule has 0 spiro atoms. The number of hydrogen-bond donors (Lipinski definition) is 2. The molecule has 1 atom stereocenters. The summed E-state index contributed by atoms with van der Waals surface area (Å²) in [5.74, 6) is -0.692. The number of primary amides is 1.